The second-order valence-electron chi connectivity index (χ2n) is 6.09. The van der Waals surface area contributed by atoms with Crippen LogP contribution in [0.4, 0.5) is 0 Å². The van der Waals surface area contributed by atoms with Gasteiger partial charge < -0.3 is 16.0 Å². The van der Waals surface area contributed by atoms with Crippen LogP contribution in [0.2, 0.25) is 0 Å². The van der Waals surface area contributed by atoms with Crippen LogP contribution in [-0.2, 0) is 9.59 Å². The van der Waals surface area contributed by atoms with E-state index in [0.717, 1.165) is 24.0 Å². The Kier molecular flexibility index (Phi) is 5.55. The Morgan fingerprint density at radius 3 is 2.41 bits per heavy atom. The van der Waals surface area contributed by atoms with Gasteiger partial charge in [0.25, 0.3) is 0 Å². The van der Waals surface area contributed by atoms with Crippen molar-refractivity contribution in [2.24, 2.45) is 11.7 Å². The van der Waals surface area contributed by atoms with Gasteiger partial charge in [-0.3, -0.25) is 9.59 Å². The largest absolute Gasteiger partial charge is 0.356 e. The molecule has 1 fully saturated rings. The fourth-order valence-electron chi connectivity index (χ4n) is 2.76. The summed E-state index contributed by atoms with van der Waals surface area (Å²) in [5, 5.41) is 2.85. The molecule has 5 nitrogen and oxygen atoms in total. The normalized spacial score (nSPS) is 17.1. The van der Waals surface area contributed by atoms with Crippen molar-refractivity contribution in [3.63, 3.8) is 0 Å². The van der Waals surface area contributed by atoms with E-state index >= 15 is 0 Å². The van der Waals surface area contributed by atoms with Crippen LogP contribution in [0.15, 0.2) is 24.3 Å². The van der Waals surface area contributed by atoms with Gasteiger partial charge in [-0.15, -0.1) is 0 Å². The summed E-state index contributed by atoms with van der Waals surface area (Å²) in [5.74, 6) is 0.435. The summed E-state index contributed by atoms with van der Waals surface area (Å²) in [7, 11) is 0. The lowest BCUT2D eigenvalue weighted by molar-refractivity contribution is -0.134. The first-order valence-electron chi connectivity index (χ1n) is 7.82. The molecule has 0 aliphatic carbocycles. The van der Waals surface area contributed by atoms with Gasteiger partial charge in [-0.1, -0.05) is 29.8 Å². The van der Waals surface area contributed by atoms with Gasteiger partial charge >= 0.3 is 0 Å². The molecule has 22 heavy (non-hydrogen) atoms. The van der Waals surface area contributed by atoms with E-state index in [1.165, 1.54) is 6.92 Å². The van der Waals surface area contributed by atoms with E-state index in [9.17, 15) is 9.59 Å². The van der Waals surface area contributed by atoms with E-state index in [1.54, 1.807) is 0 Å². The van der Waals surface area contributed by atoms with E-state index in [2.05, 4.69) is 5.32 Å². The molecule has 3 N–H and O–H groups in total. The monoisotopic (exact) mass is 303 g/mol. The molecule has 0 aromatic heterocycles. The molecule has 120 valence electrons. The number of rotatable bonds is 4. The van der Waals surface area contributed by atoms with E-state index in [-0.39, 0.29) is 11.8 Å². The Bertz CT molecular complexity index is 519. The maximum atomic E-state index is 12.5. The molecule has 1 unspecified atom stereocenters. The first-order valence-corrected chi connectivity index (χ1v) is 7.82. The van der Waals surface area contributed by atoms with Crippen molar-refractivity contribution in [2.45, 2.75) is 32.7 Å². The summed E-state index contributed by atoms with van der Waals surface area (Å²) in [6, 6.07) is 7.19. The zero-order valence-electron chi connectivity index (χ0n) is 13.3. The van der Waals surface area contributed by atoms with Gasteiger partial charge in [0.1, 0.15) is 6.04 Å². The number of likely N-dealkylation sites (tertiary alicyclic amines) is 1. The molecule has 1 aliphatic rings. The smallest absolute Gasteiger partial charge is 0.244 e. The minimum absolute atomic E-state index is 0.0000933. The van der Waals surface area contributed by atoms with Crippen molar-refractivity contribution in [3.8, 4) is 0 Å². The van der Waals surface area contributed by atoms with Crippen LogP contribution in [0.3, 0.4) is 0 Å². The fraction of sp³-hybridized carbons (Fsp3) is 0.529. The number of hydrogen-bond acceptors (Lipinski definition) is 3. The lowest BCUT2D eigenvalue weighted by Crippen LogP contribution is -2.44. The molecule has 1 aromatic carbocycles. The molecule has 5 heteroatoms. The van der Waals surface area contributed by atoms with Gasteiger partial charge in [0.15, 0.2) is 0 Å². The summed E-state index contributed by atoms with van der Waals surface area (Å²) >= 11 is 0. The van der Waals surface area contributed by atoms with Gasteiger partial charge in [0.2, 0.25) is 11.8 Å². The average Bonchev–Trinajstić information content (AvgIpc) is 2.53. The van der Waals surface area contributed by atoms with Gasteiger partial charge in [0, 0.05) is 26.6 Å². The van der Waals surface area contributed by atoms with Crippen molar-refractivity contribution in [2.75, 3.05) is 19.6 Å². The predicted molar refractivity (Wildman–Crippen MR) is 86.1 cm³/mol. The molecule has 0 spiro atoms. The molecule has 1 atom stereocenters. The molecule has 1 aromatic rings. The maximum absolute atomic E-state index is 12.5. The van der Waals surface area contributed by atoms with Crippen LogP contribution in [0.5, 0.6) is 0 Å². The highest BCUT2D eigenvalue weighted by Gasteiger charge is 2.27. The van der Waals surface area contributed by atoms with Crippen LogP contribution >= 0.6 is 0 Å². The highest BCUT2D eigenvalue weighted by Crippen LogP contribution is 2.20. The molecule has 1 saturated heterocycles. The Hall–Kier alpha value is -1.88. The zero-order chi connectivity index (χ0) is 16.1. The molecule has 0 saturated carbocycles. The third kappa shape index (κ3) is 4.31. The molecular formula is C17H25N3O2. The third-order valence-corrected chi connectivity index (χ3v) is 4.27. The fourth-order valence-corrected chi connectivity index (χ4v) is 2.76. The molecule has 2 rings (SSSR count). The number of carbonyl (C=O) groups excluding carboxylic acids is 2. The van der Waals surface area contributed by atoms with Gasteiger partial charge in [-0.05, 0) is 31.2 Å². The number of nitrogens with one attached hydrogen (secondary N) is 1. The quantitative estimate of drug-likeness (QED) is 0.882. The standard InChI is InChI=1S/C17H25N3O2/c1-12-3-5-15(6-4-12)16(18)17(22)20-9-7-14(8-10-20)11-19-13(2)21/h3-6,14,16H,7-11,18H2,1-2H3,(H,19,21). The average molecular weight is 303 g/mol. The summed E-state index contributed by atoms with van der Waals surface area (Å²) in [5.41, 5.74) is 8.12. The Morgan fingerprint density at radius 2 is 1.86 bits per heavy atom. The molecule has 0 bridgehead atoms. The number of hydrogen-bond donors (Lipinski definition) is 2. The highest BCUT2D eigenvalue weighted by molar-refractivity contribution is 5.83. The lowest BCUT2D eigenvalue weighted by Gasteiger charge is -2.33. The number of benzene rings is 1. The number of piperidine rings is 1. The number of nitrogens with two attached hydrogens (primary N) is 1. The molecule has 0 radical (unpaired) electrons. The maximum Gasteiger partial charge on any atom is 0.244 e. The number of nitrogens with zero attached hydrogens (tertiary/aromatic N) is 1. The van der Waals surface area contributed by atoms with Gasteiger partial charge in [0.05, 0.1) is 0 Å². The van der Waals surface area contributed by atoms with Crippen LogP contribution in [0.25, 0.3) is 0 Å². The minimum Gasteiger partial charge on any atom is -0.356 e. The highest BCUT2D eigenvalue weighted by atomic mass is 16.2. The Balaban J connectivity index is 1.86. The summed E-state index contributed by atoms with van der Waals surface area (Å²) < 4.78 is 0. The first-order chi connectivity index (χ1) is 10.5. The zero-order valence-corrected chi connectivity index (χ0v) is 13.3. The SMILES string of the molecule is CC(=O)NCC1CCN(C(=O)C(N)c2ccc(C)cc2)CC1. The molecular weight excluding hydrogens is 278 g/mol. The molecule has 2 amide bonds. The van der Waals surface area contributed by atoms with E-state index in [4.69, 9.17) is 5.73 Å². The second-order valence-corrected chi connectivity index (χ2v) is 6.09. The Morgan fingerprint density at radius 1 is 1.27 bits per heavy atom. The number of amides is 2. The summed E-state index contributed by atoms with van der Waals surface area (Å²) in [6.07, 6.45) is 1.82. The van der Waals surface area contributed by atoms with Gasteiger partial charge in [-0.2, -0.15) is 0 Å². The summed E-state index contributed by atoms with van der Waals surface area (Å²) in [4.78, 5) is 25.3. The van der Waals surface area contributed by atoms with Crippen molar-refractivity contribution < 1.29 is 9.59 Å². The van der Waals surface area contributed by atoms with E-state index in [1.807, 2.05) is 36.1 Å². The van der Waals surface area contributed by atoms with Crippen LogP contribution in [-0.4, -0.2) is 36.3 Å². The van der Waals surface area contributed by atoms with E-state index in [0.29, 0.717) is 25.6 Å². The summed E-state index contributed by atoms with van der Waals surface area (Å²) in [6.45, 7) is 5.66. The Labute approximate surface area is 131 Å². The second kappa shape index (κ2) is 7.40. The van der Waals surface area contributed by atoms with Crippen LogP contribution < -0.4 is 11.1 Å². The third-order valence-electron chi connectivity index (χ3n) is 4.27. The van der Waals surface area contributed by atoms with Crippen molar-refractivity contribution >= 4 is 11.8 Å². The molecule has 1 heterocycles. The van der Waals surface area contributed by atoms with Crippen molar-refractivity contribution in [1.82, 2.24) is 10.2 Å². The molecule has 1 aliphatic heterocycles. The van der Waals surface area contributed by atoms with Crippen LogP contribution in [0, 0.1) is 12.8 Å². The predicted octanol–water partition coefficient (Wildman–Crippen LogP) is 1.37. The van der Waals surface area contributed by atoms with E-state index < -0.39 is 6.04 Å². The van der Waals surface area contributed by atoms with Gasteiger partial charge in [-0.25, -0.2) is 0 Å². The van der Waals surface area contributed by atoms with Crippen molar-refractivity contribution in [3.05, 3.63) is 35.4 Å². The topological polar surface area (TPSA) is 75.4 Å². The van der Waals surface area contributed by atoms with Crippen molar-refractivity contribution in [1.29, 1.82) is 0 Å². The number of carbonyl (C=O) groups is 2. The lowest BCUT2D eigenvalue weighted by atomic mass is 9.95. The minimum atomic E-state index is -0.590. The van der Waals surface area contributed by atoms with Crippen LogP contribution in [0.1, 0.15) is 36.9 Å². The first kappa shape index (κ1) is 16.5. The number of aryl methyl sites for hydroxylation is 1.